The molecule has 2 aromatic heterocycles. The Balaban J connectivity index is 0.000000143. The van der Waals surface area contributed by atoms with E-state index in [1.807, 2.05) is 121 Å². The predicted molar refractivity (Wildman–Crippen MR) is 348 cm³/mol. The second kappa shape index (κ2) is 21.6. The molecular formula is C78H50N6. The van der Waals surface area contributed by atoms with Gasteiger partial charge in [0.15, 0.2) is 34.9 Å². The summed E-state index contributed by atoms with van der Waals surface area (Å²) in [6, 6.07) is 106. The highest BCUT2D eigenvalue weighted by atomic mass is 15.0. The molecule has 0 spiro atoms. The third-order valence-corrected chi connectivity index (χ3v) is 15.8. The lowest BCUT2D eigenvalue weighted by Crippen LogP contribution is -2.01. The van der Waals surface area contributed by atoms with E-state index in [0.717, 1.165) is 54.9 Å². The molecule has 6 heteroatoms. The van der Waals surface area contributed by atoms with E-state index < -0.39 is 0 Å². The van der Waals surface area contributed by atoms with Crippen molar-refractivity contribution < 1.29 is 0 Å². The van der Waals surface area contributed by atoms with Crippen molar-refractivity contribution in [1.29, 1.82) is 0 Å². The van der Waals surface area contributed by atoms with Crippen molar-refractivity contribution in [2.24, 2.45) is 0 Å². The van der Waals surface area contributed by atoms with E-state index in [-0.39, 0.29) is 0 Å². The lowest BCUT2D eigenvalue weighted by molar-refractivity contribution is 1.08. The lowest BCUT2D eigenvalue weighted by atomic mass is 9.86. The molecule has 0 amide bonds. The highest BCUT2D eigenvalue weighted by Crippen LogP contribution is 2.46. The van der Waals surface area contributed by atoms with Crippen molar-refractivity contribution in [3.63, 3.8) is 0 Å². The molecule has 0 saturated carbocycles. The summed E-state index contributed by atoms with van der Waals surface area (Å²) in [6.45, 7) is 0. The van der Waals surface area contributed by atoms with Gasteiger partial charge in [-0.2, -0.15) is 0 Å². The number of aromatic nitrogens is 6. The predicted octanol–water partition coefficient (Wildman–Crippen LogP) is 20.0. The van der Waals surface area contributed by atoms with Gasteiger partial charge in [-0.15, -0.1) is 0 Å². The van der Waals surface area contributed by atoms with Crippen LogP contribution in [0.5, 0.6) is 0 Å². The van der Waals surface area contributed by atoms with Crippen LogP contribution in [0.25, 0.3) is 155 Å². The van der Waals surface area contributed by atoms with Gasteiger partial charge in [-0.1, -0.05) is 297 Å². The third-order valence-electron chi connectivity index (χ3n) is 15.8. The van der Waals surface area contributed by atoms with Crippen molar-refractivity contribution in [2.75, 3.05) is 0 Å². The minimum Gasteiger partial charge on any atom is -0.208 e. The molecule has 0 fully saturated rings. The van der Waals surface area contributed by atoms with Crippen molar-refractivity contribution >= 4 is 64.6 Å². The monoisotopic (exact) mass is 1070 g/mol. The van der Waals surface area contributed by atoms with Crippen LogP contribution in [0.15, 0.2) is 303 Å². The maximum atomic E-state index is 5.13. The van der Waals surface area contributed by atoms with Crippen molar-refractivity contribution in [3.05, 3.63) is 303 Å². The van der Waals surface area contributed by atoms with Gasteiger partial charge in [0.2, 0.25) is 0 Å². The van der Waals surface area contributed by atoms with Crippen LogP contribution in [-0.2, 0) is 0 Å². The zero-order valence-electron chi connectivity index (χ0n) is 45.6. The van der Waals surface area contributed by atoms with Gasteiger partial charge in [0.25, 0.3) is 0 Å². The summed E-state index contributed by atoms with van der Waals surface area (Å²) in [5.74, 6) is 3.97. The molecule has 6 nitrogen and oxygen atoms in total. The van der Waals surface area contributed by atoms with E-state index in [2.05, 4.69) is 182 Å². The average molecular weight is 1070 g/mol. The Hall–Kier alpha value is -11.3. The van der Waals surface area contributed by atoms with E-state index in [9.17, 15) is 0 Å². The Morgan fingerprint density at radius 1 is 0.155 bits per heavy atom. The topological polar surface area (TPSA) is 77.3 Å². The summed E-state index contributed by atoms with van der Waals surface area (Å²) >= 11 is 0. The number of benzene rings is 14. The molecule has 84 heavy (non-hydrogen) atoms. The van der Waals surface area contributed by atoms with Crippen LogP contribution in [0.2, 0.25) is 0 Å². The second-order valence-electron chi connectivity index (χ2n) is 20.8. The second-order valence-corrected chi connectivity index (χ2v) is 20.8. The maximum absolute atomic E-state index is 5.13. The molecule has 0 bridgehead atoms. The molecule has 0 aliphatic heterocycles. The molecule has 392 valence electrons. The standard InChI is InChI=1S/2C39H25N3/c1-3-15-27(16-4-1)37-40-38(28-17-5-2-6-18-28)42-39(41-37)36-33-23-11-9-21-31(33)35(32-22-10-12-24-34(32)36)30-25-13-19-26-14-7-8-20-29(26)30;1-3-14-27(15-4-1)37-40-38(28-16-5-2-6-17-28)42-39(41-37)36-33-21-11-9-19-31(33)35(32-20-10-12-22-34(32)36)30-24-23-26-13-7-8-18-29(26)25-30/h2*1-25H. The summed E-state index contributed by atoms with van der Waals surface area (Å²) in [6.07, 6.45) is 0. The van der Waals surface area contributed by atoms with Crippen molar-refractivity contribution in [2.45, 2.75) is 0 Å². The number of hydrogen-bond donors (Lipinski definition) is 0. The van der Waals surface area contributed by atoms with Gasteiger partial charge in [-0.25, -0.2) is 29.9 Å². The van der Waals surface area contributed by atoms with Gasteiger partial charge >= 0.3 is 0 Å². The first kappa shape index (κ1) is 49.7. The van der Waals surface area contributed by atoms with Gasteiger partial charge in [0.1, 0.15) is 0 Å². The summed E-state index contributed by atoms with van der Waals surface area (Å²) in [5.41, 5.74) is 10.7. The van der Waals surface area contributed by atoms with E-state index >= 15 is 0 Å². The van der Waals surface area contributed by atoms with Crippen LogP contribution in [0.4, 0.5) is 0 Å². The Labute approximate surface area is 485 Å². The summed E-state index contributed by atoms with van der Waals surface area (Å²) in [4.78, 5) is 30.4. The molecule has 0 unspecified atom stereocenters. The molecule has 2 heterocycles. The lowest BCUT2D eigenvalue weighted by Gasteiger charge is -2.18. The highest BCUT2D eigenvalue weighted by molar-refractivity contribution is 6.24. The van der Waals surface area contributed by atoms with Crippen LogP contribution >= 0.6 is 0 Å². The smallest absolute Gasteiger partial charge is 0.165 e. The number of nitrogens with zero attached hydrogens (tertiary/aromatic N) is 6. The third kappa shape index (κ3) is 9.14. The normalized spacial score (nSPS) is 11.3. The molecule has 16 aromatic rings. The molecule has 0 aliphatic carbocycles. The zero-order valence-corrected chi connectivity index (χ0v) is 45.6. The number of fused-ring (bicyclic) bond motifs is 6. The average Bonchev–Trinajstić information content (AvgIpc) is 2.87. The van der Waals surface area contributed by atoms with Gasteiger partial charge in [0.05, 0.1) is 0 Å². The van der Waals surface area contributed by atoms with Gasteiger partial charge < -0.3 is 0 Å². The molecule has 0 aliphatic rings. The fraction of sp³-hybridized carbons (Fsp3) is 0. The number of hydrogen-bond acceptors (Lipinski definition) is 6. The zero-order chi connectivity index (χ0) is 55.8. The summed E-state index contributed by atoms with van der Waals surface area (Å²) in [5, 5.41) is 14.1. The minimum atomic E-state index is 0.658. The fourth-order valence-corrected chi connectivity index (χ4v) is 12.0. The van der Waals surface area contributed by atoms with E-state index in [1.165, 1.54) is 65.3 Å². The molecule has 14 aromatic carbocycles. The van der Waals surface area contributed by atoms with Crippen LogP contribution in [0.3, 0.4) is 0 Å². The molecule has 0 atom stereocenters. The quantitative estimate of drug-likeness (QED) is 0.141. The van der Waals surface area contributed by atoms with Gasteiger partial charge in [-0.3, -0.25) is 0 Å². The molecule has 0 N–H and O–H groups in total. The first-order valence-electron chi connectivity index (χ1n) is 28.3. The van der Waals surface area contributed by atoms with E-state index in [1.54, 1.807) is 0 Å². The van der Waals surface area contributed by atoms with Crippen LogP contribution < -0.4 is 0 Å². The molecule has 16 rings (SSSR count). The first-order chi connectivity index (χ1) is 41.7. The largest absolute Gasteiger partial charge is 0.208 e. The van der Waals surface area contributed by atoms with Crippen molar-refractivity contribution in [3.8, 4) is 90.6 Å². The van der Waals surface area contributed by atoms with E-state index in [0.29, 0.717) is 34.9 Å². The van der Waals surface area contributed by atoms with Crippen LogP contribution in [-0.4, -0.2) is 29.9 Å². The Morgan fingerprint density at radius 3 is 0.833 bits per heavy atom. The fourth-order valence-electron chi connectivity index (χ4n) is 12.0. The summed E-state index contributed by atoms with van der Waals surface area (Å²) in [7, 11) is 0. The minimum absolute atomic E-state index is 0.658. The summed E-state index contributed by atoms with van der Waals surface area (Å²) < 4.78 is 0. The highest BCUT2D eigenvalue weighted by Gasteiger charge is 2.23. The Bertz CT molecular complexity index is 4890. The van der Waals surface area contributed by atoms with Crippen LogP contribution in [0.1, 0.15) is 0 Å². The molecular weight excluding hydrogens is 1020 g/mol. The number of rotatable bonds is 8. The van der Waals surface area contributed by atoms with Gasteiger partial charge in [-0.05, 0) is 93.0 Å². The maximum Gasteiger partial charge on any atom is 0.165 e. The van der Waals surface area contributed by atoms with Crippen LogP contribution in [0, 0.1) is 0 Å². The molecule has 0 radical (unpaired) electrons. The SMILES string of the molecule is c1ccc(-c2nc(-c3ccccc3)nc(-c3c4ccccc4c(-c4ccc5ccccc5c4)c4ccccc34)n2)cc1.c1ccc(-c2nc(-c3ccccc3)nc(-c3c4ccccc4c(-c4cccc5ccccc45)c4ccccc34)n2)cc1. The first-order valence-corrected chi connectivity index (χ1v) is 28.3. The van der Waals surface area contributed by atoms with E-state index in [4.69, 9.17) is 29.9 Å². The van der Waals surface area contributed by atoms with Gasteiger partial charge in [0, 0.05) is 33.4 Å². The Morgan fingerprint density at radius 2 is 0.440 bits per heavy atom. The van der Waals surface area contributed by atoms with Crippen molar-refractivity contribution in [1.82, 2.24) is 29.9 Å². The Kier molecular flexibility index (Phi) is 12.8. The molecule has 0 saturated heterocycles.